The molecule has 0 bridgehead atoms. The summed E-state index contributed by atoms with van der Waals surface area (Å²) in [6.07, 6.45) is 1.73. The van der Waals surface area contributed by atoms with Crippen molar-refractivity contribution in [3.05, 3.63) is 59.1 Å². The molecule has 25 heavy (non-hydrogen) atoms. The second-order valence-corrected chi connectivity index (χ2v) is 7.52. The van der Waals surface area contributed by atoms with Crippen LogP contribution in [0.2, 0.25) is 0 Å². The maximum atomic E-state index is 12.3. The SMILES string of the molecule is O=c1n(CCSc2nnc3sc4ccccc4n23)nc2ccccn12. The fourth-order valence-corrected chi connectivity index (χ4v) is 4.67. The Labute approximate surface area is 149 Å². The van der Waals surface area contributed by atoms with Crippen LogP contribution >= 0.6 is 23.1 Å². The van der Waals surface area contributed by atoms with Gasteiger partial charge < -0.3 is 0 Å². The summed E-state index contributed by atoms with van der Waals surface area (Å²) in [6.45, 7) is 0.516. The average molecular weight is 368 g/mol. The number of hydrogen-bond acceptors (Lipinski definition) is 6. The molecule has 4 heterocycles. The van der Waals surface area contributed by atoms with Crippen molar-refractivity contribution in [3.8, 4) is 0 Å². The Balaban J connectivity index is 1.42. The Morgan fingerprint density at radius 3 is 2.88 bits per heavy atom. The van der Waals surface area contributed by atoms with Gasteiger partial charge in [-0.1, -0.05) is 41.3 Å². The molecule has 0 aliphatic carbocycles. The number of pyridine rings is 1. The van der Waals surface area contributed by atoms with E-state index in [0.717, 1.165) is 15.6 Å². The normalized spacial score (nSPS) is 11.8. The Morgan fingerprint density at radius 1 is 1.08 bits per heavy atom. The van der Waals surface area contributed by atoms with Crippen molar-refractivity contribution in [1.29, 1.82) is 0 Å². The minimum absolute atomic E-state index is 0.122. The number of hydrogen-bond donors (Lipinski definition) is 0. The van der Waals surface area contributed by atoms with E-state index < -0.39 is 0 Å². The van der Waals surface area contributed by atoms with E-state index in [-0.39, 0.29) is 5.69 Å². The number of thioether (sulfide) groups is 1. The molecular weight excluding hydrogens is 356 g/mol. The molecule has 0 amide bonds. The highest BCUT2D eigenvalue weighted by atomic mass is 32.2. The van der Waals surface area contributed by atoms with Crippen LogP contribution in [0.1, 0.15) is 0 Å². The van der Waals surface area contributed by atoms with Gasteiger partial charge in [0, 0.05) is 11.9 Å². The third-order valence-electron chi connectivity index (χ3n) is 3.93. The Hall–Kier alpha value is -2.65. The first kappa shape index (κ1) is 14.7. The van der Waals surface area contributed by atoms with Crippen LogP contribution in [-0.4, -0.2) is 34.5 Å². The molecule has 0 spiro atoms. The molecule has 5 rings (SSSR count). The molecule has 4 aromatic heterocycles. The molecule has 7 nitrogen and oxygen atoms in total. The van der Waals surface area contributed by atoms with Gasteiger partial charge in [-0.15, -0.1) is 15.3 Å². The smallest absolute Gasteiger partial charge is 0.260 e. The summed E-state index contributed by atoms with van der Waals surface area (Å²) >= 11 is 3.20. The van der Waals surface area contributed by atoms with Crippen molar-refractivity contribution >= 4 is 43.9 Å². The predicted octanol–water partition coefficient (Wildman–Crippen LogP) is 2.55. The zero-order valence-corrected chi connectivity index (χ0v) is 14.6. The highest BCUT2D eigenvalue weighted by Crippen LogP contribution is 2.29. The van der Waals surface area contributed by atoms with E-state index in [4.69, 9.17) is 0 Å². The molecular formula is C16H12N6OS2. The average Bonchev–Trinajstić information content (AvgIpc) is 3.29. The van der Waals surface area contributed by atoms with Gasteiger partial charge in [-0.3, -0.25) is 8.80 Å². The summed E-state index contributed by atoms with van der Waals surface area (Å²) in [5.74, 6) is 0.689. The van der Waals surface area contributed by atoms with Crippen molar-refractivity contribution in [2.24, 2.45) is 0 Å². The Morgan fingerprint density at radius 2 is 1.96 bits per heavy atom. The highest BCUT2D eigenvalue weighted by molar-refractivity contribution is 7.99. The van der Waals surface area contributed by atoms with Crippen LogP contribution in [-0.2, 0) is 6.54 Å². The van der Waals surface area contributed by atoms with E-state index in [1.54, 1.807) is 33.7 Å². The summed E-state index contributed by atoms with van der Waals surface area (Å²) in [5.41, 5.74) is 1.65. The fourth-order valence-electron chi connectivity index (χ4n) is 2.79. The number of aromatic nitrogens is 6. The molecule has 0 aliphatic heterocycles. The quantitative estimate of drug-likeness (QED) is 0.456. The Bertz CT molecular complexity index is 1260. The number of thiazole rings is 1. The number of rotatable bonds is 4. The minimum Gasteiger partial charge on any atom is -0.260 e. The van der Waals surface area contributed by atoms with E-state index in [1.807, 2.05) is 30.3 Å². The molecule has 1 aromatic carbocycles. The number of aryl methyl sites for hydroxylation is 1. The van der Waals surface area contributed by atoms with Crippen LogP contribution in [0.4, 0.5) is 0 Å². The second kappa shape index (κ2) is 5.71. The summed E-state index contributed by atoms with van der Waals surface area (Å²) < 4.78 is 6.29. The molecule has 9 heteroatoms. The van der Waals surface area contributed by atoms with Gasteiger partial charge in [0.25, 0.3) is 0 Å². The van der Waals surface area contributed by atoms with Gasteiger partial charge in [0.2, 0.25) is 4.96 Å². The highest BCUT2D eigenvalue weighted by Gasteiger charge is 2.13. The lowest BCUT2D eigenvalue weighted by Crippen LogP contribution is -2.22. The number of fused-ring (bicyclic) bond motifs is 4. The monoisotopic (exact) mass is 368 g/mol. The molecule has 0 saturated heterocycles. The molecule has 0 fully saturated rings. The molecule has 124 valence electrons. The largest absolute Gasteiger partial charge is 0.350 e. The minimum atomic E-state index is -0.122. The fraction of sp³-hybridized carbons (Fsp3) is 0.125. The molecule has 0 unspecified atom stereocenters. The maximum absolute atomic E-state index is 12.3. The molecule has 0 N–H and O–H groups in total. The number of benzene rings is 1. The van der Waals surface area contributed by atoms with E-state index in [1.165, 1.54) is 9.38 Å². The second-order valence-electron chi connectivity index (χ2n) is 5.45. The zero-order chi connectivity index (χ0) is 16.8. The van der Waals surface area contributed by atoms with Gasteiger partial charge in [0.05, 0.1) is 16.8 Å². The number of nitrogens with zero attached hydrogens (tertiary/aromatic N) is 6. The maximum Gasteiger partial charge on any atom is 0.350 e. The molecule has 0 saturated carbocycles. The predicted molar refractivity (Wildman–Crippen MR) is 98.5 cm³/mol. The van der Waals surface area contributed by atoms with Crippen LogP contribution in [0.5, 0.6) is 0 Å². The third-order valence-corrected chi connectivity index (χ3v) is 5.85. The standard InChI is InChI=1S/C16H12N6OS2/c23-16-20-8-4-3-7-13(20)19-21(16)9-10-24-14-17-18-15-22(14)11-5-1-2-6-12(11)25-15/h1-8H,9-10H2. The van der Waals surface area contributed by atoms with Gasteiger partial charge >= 0.3 is 5.69 Å². The summed E-state index contributed by atoms with van der Waals surface area (Å²) in [5, 5.41) is 13.7. The topological polar surface area (TPSA) is 69.5 Å². The van der Waals surface area contributed by atoms with E-state index in [2.05, 4.69) is 31.8 Å². The number of para-hydroxylation sites is 1. The van der Waals surface area contributed by atoms with Crippen LogP contribution in [0, 0.1) is 0 Å². The van der Waals surface area contributed by atoms with Gasteiger partial charge in [-0.05, 0) is 24.3 Å². The summed E-state index contributed by atoms with van der Waals surface area (Å²) in [6, 6.07) is 13.7. The van der Waals surface area contributed by atoms with Gasteiger partial charge in [0.15, 0.2) is 10.8 Å². The van der Waals surface area contributed by atoms with Crippen molar-refractivity contribution in [2.75, 3.05) is 5.75 Å². The van der Waals surface area contributed by atoms with Crippen LogP contribution in [0.3, 0.4) is 0 Å². The van der Waals surface area contributed by atoms with Crippen molar-refractivity contribution in [2.45, 2.75) is 11.7 Å². The third kappa shape index (κ3) is 2.35. The lowest BCUT2D eigenvalue weighted by molar-refractivity contribution is 0.639. The van der Waals surface area contributed by atoms with Gasteiger partial charge in [-0.2, -0.15) is 0 Å². The van der Waals surface area contributed by atoms with Crippen molar-refractivity contribution in [3.63, 3.8) is 0 Å². The molecule has 0 radical (unpaired) electrons. The zero-order valence-electron chi connectivity index (χ0n) is 12.9. The van der Waals surface area contributed by atoms with Gasteiger partial charge in [0.1, 0.15) is 0 Å². The summed E-state index contributed by atoms with van der Waals surface area (Å²) in [4.78, 5) is 13.2. The molecule has 5 aromatic rings. The van der Waals surface area contributed by atoms with E-state index in [0.29, 0.717) is 17.9 Å². The van der Waals surface area contributed by atoms with Crippen LogP contribution < -0.4 is 5.69 Å². The van der Waals surface area contributed by atoms with Crippen LogP contribution in [0.15, 0.2) is 58.6 Å². The van der Waals surface area contributed by atoms with Gasteiger partial charge in [-0.25, -0.2) is 9.48 Å². The van der Waals surface area contributed by atoms with Crippen molar-refractivity contribution < 1.29 is 0 Å². The Kier molecular flexibility index (Phi) is 3.35. The summed E-state index contributed by atoms with van der Waals surface area (Å²) in [7, 11) is 0. The van der Waals surface area contributed by atoms with Crippen molar-refractivity contribution in [1.82, 2.24) is 28.8 Å². The lowest BCUT2D eigenvalue weighted by Gasteiger charge is -1.99. The van der Waals surface area contributed by atoms with E-state index >= 15 is 0 Å². The molecule has 0 aliphatic rings. The first-order valence-electron chi connectivity index (χ1n) is 7.71. The van der Waals surface area contributed by atoms with Crippen LogP contribution in [0.25, 0.3) is 20.8 Å². The first-order chi connectivity index (χ1) is 12.3. The molecule has 0 atom stereocenters. The van der Waals surface area contributed by atoms with E-state index in [9.17, 15) is 4.79 Å². The lowest BCUT2D eigenvalue weighted by atomic mass is 10.3. The first-order valence-corrected chi connectivity index (χ1v) is 9.51.